The van der Waals surface area contributed by atoms with E-state index < -0.39 is 5.97 Å². The molecule has 0 heterocycles. The highest BCUT2D eigenvalue weighted by Crippen LogP contribution is 2.15. The smallest absolute Gasteiger partial charge is 0.322 e. The number of carboxylic acids is 1. The van der Waals surface area contributed by atoms with E-state index in [1.54, 1.807) is 0 Å². The first-order chi connectivity index (χ1) is 20.0. The Morgan fingerprint density at radius 2 is 1.17 bits per heavy atom. The van der Waals surface area contributed by atoms with E-state index in [1.807, 2.05) is 6.08 Å². The Morgan fingerprint density at radius 1 is 0.659 bits per heavy atom. The molecule has 236 valence electrons. The molecule has 1 amide bonds. The quantitative estimate of drug-likeness (QED) is 0.0526. The topological polar surface area (TPSA) is 92.7 Å². The van der Waals surface area contributed by atoms with E-state index in [0.717, 1.165) is 64.2 Å². The number of hydrogen-bond donors (Lipinski definition) is 2. The van der Waals surface area contributed by atoms with Crippen molar-refractivity contribution in [1.29, 1.82) is 0 Å². The minimum absolute atomic E-state index is 0.109. The third-order valence-corrected chi connectivity index (χ3v) is 7.06. The molecular weight excluding hydrogens is 514 g/mol. The summed E-state index contributed by atoms with van der Waals surface area (Å²) < 4.78 is 5.83. The highest BCUT2D eigenvalue weighted by Gasteiger charge is 2.11. The van der Waals surface area contributed by atoms with Gasteiger partial charge in [0, 0.05) is 12.8 Å². The van der Waals surface area contributed by atoms with Crippen LogP contribution in [0, 0.1) is 0 Å². The summed E-state index contributed by atoms with van der Waals surface area (Å²) in [5.74, 6) is -1.37. The maximum atomic E-state index is 12.5. The van der Waals surface area contributed by atoms with Crippen molar-refractivity contribution in [3.8, 4) is 0 Å². The number of esters is 1. The maximum Gasteiger partial charge on any atom is 0.322 e. The second kappa shape index (κ2) is 30.6. The fourth-order valence-electron chi connectivity index (χ4n) is 4.62. The van der Waals surface area contributed by atoms with Gasteiger partial charge in [-0.1, -0.05) is 128 Å². The summed E-state index contributed by atoms with van der Waals surface area (Å²) in [6, 6.07) is 0. The van der Waals surface area contributed by atoms with Crippen molar-refractivity contribution in [1.82, 2.24) is 5.32 Å². The van der Waals surface area contributed by atoms with Gasteiger partial charge >= 0.3 is 11.9 Å². The molecule has 6 nitrogen and oxygen atoms in total. The summed E-state index contributed by atoms with van der Waals surface area (Å²) in [5.41, 5.74) is 0. The van der Waals surface area contributed by atoms with Crippen LogP contribution in [0.4, 0.5) is 0 Å². The van der Waals surface area contributed by atoms with Crippen LogP contribution in [-0.2, 0) is 19.1 Å². The zero-order valence-corrected chi connectivity index (χ0v) is 26.4. The van der Waals surface area contributed by atoms with Gasteiger partial charge in [-0.15, -0.1) is 0 Å². The van der Waals surface area contributed by atoms with Crippen LogP contribution < -0.4 is 5.32 Å². The molecule has 41 heavy (non-hydrogen) atoms. The average molecular weight is 576 g/mol. The molecule has 1 atom stereocenters. The number of allylic oxidation sites excluding steroid dienone is 5. The minimum Gasteiger partial charge on any atom is -0.480 e. The van der Waals surface area contributed by atoms with Gasteiger partial charge in [0.1, 0.15) is 12.6 Å². The Balaban J connectivity index is 4.24. The van der Waals surface area contributed by atoms with Gasteiger partial charge in [0.15, 0.2) is 0 Å². The lowest BCUT2D eigenvalue weighted by atomic mass is 10.0. The minimum atomic E-state index is -1.03. The fraction of sp³-hybridized carbons (Fsp3) is 0.743. The van der Waals surface area contributed by atoms with Gasteiger partial charge in [-0.3, -0.25) is 14.4 Å². The molecule has 0 aliphatic carbocycles. The van der Waals surface area contributed by atoms with E-state index in [9.17, 15) is 14.4 Å². The lowest BCUT2D eigenvalue weighted by molar-refractivity contribution is -0.147. The second-order valence-corrected chi connectivity index (χ2v) is 11.0. The first kappa shape index (κ1) is 38.6. The molecule has 0 saturated heterocycles. The van der Waals surface area contributed by atoms with E-state index in [1.165, 1.54) is 64.2 Å². The summed E-state index contributed by atoms with van der Waals surface area (Å²) >= 11 is 0. The molecule has 0 rings (SSSR count). The van der Waals surface area contributed by atoms with Crippen molar-refractivity contribution in [3.63, 3.8) is 0 Å². The number of carboxylic acid groups (broad SMARTS) is 1. The van der Waals surface area contributed by atoms with Crippen LogP contribution in [0.15, 0.2) is 36.5 Å². The van der Waals surface area contributed by atoms with Crippen LogP contribution in [0.1, 0.15) is 155 Å². The molecule has 0 aliphatic rings. The number of aliphatic carboxylic acids is 1. The monoisotopic (exact) mass is 575 g/mol. The Labute approximate surface area is 251 Å². The zero-order chi connectivity index (χ0) is 30.2. The van der Waals surface area contributed by atoms with Gasteiger partial charge < -0.3 is 15.2 Å². The molecule has 1 unspecified atom stereocenters. The van der Waals surface area contributed by atoms with Crippen LogP contribution in [0.5, 0.6) is 0 Å². The number of unbranched alkanes of at least 4 members (excludes halogenated alkanes) is 14. The Morgan fingerprint density at radius 3 is 1.76 bits per heavy atom. The van der Waals surface area contributed by atoms with Crippen molar-refractivity contribution in [2.75, 3.05) is 6.54 Å². The highest BCUT2D eigenvalue weighted by molar-refractivity contribution is 5.80. The molecular formula is C35H61NO5. The number of ether oxygens (including phenoxy) is 1. The van der Waals surface area contributed by atoms with E-state index in [4.69, 9.17) is 9.84 Å². The first-order valence-corrected chi connectivity index (χ1v) is 16.6. The number of hydrogen-bond acceptors (Lipinski definition) is 4. The maximum absolute atomic E-state index is 12.5. The number of nitrogens with one attached hydrogen (secondary N) is 1. The van der Waals surface area contributed by atoms with Crippen molar-refractivity contribution in [2.24, 2.45) is 0 Å². The van der Waals surface area contributed by atoms with E-state index in [0.29, 0.717) is 12.8 Å². The van der Waals surface area contributed by atoms with Crippen LogP contribution in [0.3, 0.4) is 0 Å². The molecule has 0 aromatic rings. The highest BCUT2D eigenvalue weighted by atomic mass is 16.5. The lowest BCUT2D eigenvalue weighted by Gasteiger charge is -2.14. The number of amides is 1. The van der Waals surface area contributed by atoms with Crippen molar-refractivity contribution >= 4 is 17.8 Å². The normalized spacial score (nSPS) is 12.4. The number of carbonyl (C=O) groups is 3. The van der Waals surface area contributed by atoms with E-state index in [-0.39, 0.29) is 24.5 Å². The Bertz CT molecular complexity index is 728. The van der Waals surface area contributed by atoms with Gasteiger partial charge in [0.05, 0.1) is 0 Å². The van der Waals surface area contributed by atoms with Gasteiger partial charge in [0.25, 0.3) is 0 Å². The number of rotatable bonds is 29. The number of carbonyl (C=O) groups excluding carboxylic acids is 2. The standard InChI is InChI=1S/C35H61NO5/c1-3-5-7-9-11-13-14-15-16-18-20-26-30-35(40)41-32(27-23-19-17-12-10-8-6-4-2)28-24-21-22-25-29-33(37)36-31-34(38)39/h6,8,12,17,23,27,32H,3-5,7,9-11,13-16,18-22,24-26,28-31H2,1-2H3,(H,36,37)(H,38,39)/b8-6-,17-12-,27-23-. The summed E-state index contributed by atoms with van der Waals surface area (Å²) in [7, 11) is 0. The summed E-state index contributed by atoms with van der Waals surface area (Å²) in [6.07, 6.45) is 35.6. The zero-order valence-electron chi connectivity index (χ0n) is 26.4. The molecule has 0 bridgehead atoms. The Kier molecular flexibility index (Phi) is 28.8. The average Bonchev–Trinajstić information content (AvgIpc) is 2.95. The third-order valence-electron chi connectivity index (χ3n) is 7.06. The van der Waals surface area contributed by atoms with Gasteiger partial charge in [-0.2, -0.15) is 0 Å². The van der Waals surface area contributed by atoms with E-state index >= 15 is 0 Å². The SMILES string of the molecule is CC/C=C\C/C=C\C/C=C\C(CCCCCCC(=O)NCC(=O)O)OC(=O)CCCCCCCCCCCCCC. The molecule has 0 aromatic heterocycles. The van der Waals surface area contributed by atoms with Crippen molar-refractivity contribution < 1.29 is 24.2 Å². The van der Waals surface area contributed by atoms with Gasteiger partial charge in [0.2, 0.25) is 5.91 Å². The molecule has 0 fully saturated rings. The van der Waals surface area contributed by atoms with Crippen molar-refractivity contribution in [2.45, 2.75) is 161 Å². The van der Waals surface area contributed by atoms with Crippen LogP contribution >= 0.6 is 0 Å². The van der Waals surface area contributed by atoms with Crippen LogP contribution in [-0.4, -0.2) is 35.6 Å². The second-order valence-electron chi connectivity index (χ2n) is 11.0. The van der Waals surface area contributed by atoms with Crippen LogP contribution in [0.2, 0.25) is 0 Å². The molecule has 0 saturated carbocycles. The summed E-state index contributed by atoms with van der Waals surface area (Å²) in [6.45, 7) is 4.05. The van der Waals surface area contributed by atoms with Gasteiger partial charge in [-0.25, -0.2) is 0 Å². The van der Waals surface area contributed by atoms with Crippen molar-refractivity contribution in [3.05, 3.63) is 36.5 Å². The van der Waals surface area contributed by atoms with Gasteiger partial charge in [-0.05, 0) is 51.0 Å². The molecule has 0 aliphatic heterocycles. The largest absolute Gasteiger partial charge is 0.480 e. The Hall–Kier alpha value is -2.37. The van der Waals surface area contributed by atoms with Crippen LogP contribution in [0.25, 0.3) is 0 Å². The fourth-order valence-corrected chi connectivity index (χ4v) is 4.62. The molecule has 0 radical (unpaired) electrons. The van der Waals surface area contributed by atoms with E-state index in [2.05, 4.69) is 49.5 Å². The predicted molar refractivity (Wildman–Crippen MR) is 171 cm³/mol. The third kappa shape index (κ3) is 30.4. The molecule has 0 spiro atoms. The summed E-state index contributed by atoms with van der Waals surface area (Å²) in [4.78, 5) is 34.7. The molecule has 2 N–H and O–H groups in total. The predicted octanol–water partition coefficient (Wildman–Crippen LogP) is 9.39. The molecule has 6 heteroatoms. The lowest BCUT2D eigenvalue weighted by Crippen LogP contribution is -2.28. The summed E-state index contributed by atoms with van der Waals surface area (Å²) in [5, 5.41) is 11.0. The first-order valence-electron chi connectivity index (χ1n) is 16.6. The molecule has 0 aromatic carbocycles.